The van der Waals surface area contributed by atoms with Gasteiger partial charge in [-0.3, -0.25) is 4.68 Å². The van der Waals surface area contributed by atoms with E-state index in [2.05, 4.69) is 62.9 Å². The van der Waals surface area contributed by atoms with Crippen LogP contribution in [0.25, 0.3) is 0 Å². The zero-order valence-electron chi connectivity index (χ0n) is 15.6. The monoisotopic (exact) mass is 478 g/mol. The Bertz CT molecular complexity index is 795. The summed E-state index contributed by atoms with van der Waals surface area (Å²) in [4.78, 5) is 4.65. The summed E-state index contributed by atoms with van der Waals surface area (Å²) in [7, 11) is 0. The van der Waals surface area contributed by atoms with Gasteiger partial charge in [0.05, 0.1) is 19.3 Å². The lowest BCUT2D eigenvalue weighted by molar-refractivity contribution is 0.665. The summed E-state index contributed by atoms with van der Waals surface area (Å²) in [5.74, 6) is 0.829. The van der Waals surface area contributed by atoms with Crippen LogP contribution in [0.1, 0.15) is 18.1 Å². The first-order valence-corrected chi connectivity index (χ1v) is 9.01. The van der Waals surface area contributed by atoms with Gasteiger partial charge in [0.25, 0.3) is 0 Å². The highest BCUT2D eigenvalue weighted by atomic mass is 127. The maximum atomic E-state index is 4.65. The maximum absolute atomic E-state index is 4.65. The van der Waals surface area contributed by atoms with E-state index in [1.165, 1.54) is 5.56 Å². The van der Waals surface area contributed by atoms with Crippen LogP contribution in [-0.2, 0) is 19.6 Å². The summed E-state index contributed by atoms with van der Waals surface area (Å²) in [6.07, 6.45) is 8.06. The fourth-order valence-corrected chi connectivity index (χ4v) is 2.68. The largest absolute Gasteiger partial charge is 0.357 e. The molecule has 0 saturated carbocycles. The molecule has 0 aliphatic rings. The lowest BCUT2D eigenvalue weighted by atomic mass is 10.2. The highest BCUT2D eigenvalue weighted by molar-refractivity contribution is 14.0. The van der Waals surface area contributed by atoms with E-state index in [0.29, 0.717) is 6.54 Å². The van der Waals surface area contributed by atoms with Gasteiger partial charge in [-0.2, -0.15) is 5.10 Å². The van der Waals surface area contributed by atoms with Crippen LogP contribution in [0, 0.1) is 0 Å². The molecule has 3 aromatic rings. The Labute approximate surface area is 177 Å². The topological polar surface area (TPSA) is 59.2 Å². The number of rotatable bonds is 8. The number of hydrogen-bond acceptors (Lipinski definition) is 2. The second-order valence-electron chi connectivity index (χ2n) is 6.07. The van der Waals surface area contributed by atoms with Gasteiger partial charge >= 0.3 is 0 Å². The number of benzene rings is 1. The highest BCUT2D eigenvalue weighted by Gasteiger charge is 2.01. The molecule has 0 amide bonds. The number of nitrogens with one attached hydrogen (secondary N) is 2. The Morgan fingerprint density at radius 2 is 1.81 bits per heavy atom. The van der Waals surface area contributed by atoms with E-state index >= 15 is 0 Å². The summed E-state index contributed by atoms with van der Waals surface area (Å²) < 4.78 is 4.09. The molecule has 2 heterocycles. The molecule has 144 valence electrons. The first kappa shape index (κ1) is 21.0. The minimum Gasteiger partial charge on any atom is -0.357 e. The Morgan fingerprint density at radius 1 is 1.04 bits per heavy atom. The van der Waals surface area contributed by atoms with Crippen molar-refractivity contribution in [1.29, 1.82) is 0 Å². The van der Waals surface area contributed by atoms with E-state index in [1.54, 1.807) is 0 Å². The third-order valence-corrected chi connectivity index (χ3v) is 3.97. The second kappa shape index (κ2) is 11.4. The van der Waals surface area contributed by atoms with Gasteiger partial charge in [0.15, 0.2) is 5.96 Å². The standard InChI is InChI=1S/C20H26N6.HI/c1-2-21-20(22-10-13-25-11-6-7-12-25)23-14-19-15-24-26(17-19)16-18-8-4-3-5-9-18;/h3-9,11-12,15,17H,2,10,13-14,16H2,1H3,(H2,21,22,23);1H. The Kier molecular flexibility index (Phi) is 8.90. The number of hydrogen-bond donors (Lipinski definition) is 2. The summed E-state index contributed by atoms with van der Waals surface area (Å²) in [5, 5.41) is 11.1. The van der Waals surface area contributed by atoms with E-state index in [4.69, 9.17) is 0 Å². The summed E-state index contributed by atoms with van der Waals surface area (Å²) in [6.45, 7) is 6.03. The van der Waals surface area contributed by atoms with Crippen molar-refractivity contribution in [3.05, 3.63) is 78.4 Å². The molecular weight excluding hydrogens is 451 g/mol. The van der Waals surface area contributed by atoms with Gasteiger partial charge in [0.1, 0.15) is 0 Å². The SMILES string of the molecule is CCNC(=NCc1cnn(Cc2ccccc2)c1)NCCn1cccc1.I. The van der Waals surface area contributed by atoms with Crippen molar-refractivity contribution in [2.24, 2.45) is 4.99 Å². The lowest BCUT2D eigenvalue weighted by Gasteiger charge is -2.11. The molecule has 7 heteroatoms. The molecule has 6 nitrogen and oxygen atoms in total. The van der Waals surface area contributed by atoms with Crippen LogP contribution in [0.5, 0.6) is 0 Å². The van der Waals surface area contributed by atoms with Crippen molar-refractivity contribution >= 4 is 29.9 Å². The average molecular weight is 478 g/mol. The van der Waals surface area contributed by atoms with Gasteiger partial charge in [-0.05, 0) is 24.6 Å². The Hall–Kier alpha value is -2.29. The molecule has 0 aliphatic carbocycles. The van der Waals surface area contributed by atoms with E-state index in [9.17, 15) is 0 Å². The van der Waals surface area contributed by atoms with Gasteiger partial charge in [-0.15, -0.1) is 24.0 Å². The van der Waals surface area contributed by atoms with E-state index in [1.807, 2.05) is 41.2 Å². The third kappa shape index (κ3) is 7.09. The minimum absolute atomic E-state index is 0. The zero-order valence-corrected chi connectivity index (χ0v) is 17.9. The first-order chi connectivity index (χ1) is 12.8. The number of aliphatic imine (C=N–C) groups is 1. The van der Waals surface area contributed by atoms with Crippen LogP contribution in [0.4, 0.5) is 0 Å². The van der Waals surface area contributed by atoms with Crippen molar-refractivity contribution in [3.63, 3.8) is 0 Å². The Balaban J connectivity index is 0.00000261. The molecule has 2 N–H and O–H groups in total. The Morgan fingerprint density at radius 3 is 2.56 bits per heavy atom. The molecule has 0 saturated heterocycles. The van der Waals surface area contributed by atoms with Crippen molar-refractivity contribution in [3.8, 4) is 0 Å². The first-order valence-electron chi connectivity index (χ1n) is 9.01. The molecule has 2 aromatic heterocycles. The maximum Gasteiger partial charge on any atom is 0.191 e. The zero-order chi connectivity index (χ0) is 18.0. The number of nitrogens with zero attached hydrogens (tertiary/aromatic N) is 4. The second-order valence-corrected chi connectivity index (χ2v) is 6.07. The molecule has 0 fully saturated rings. The van der Waals surface area contributed by atoms with Crippen LogP contribution in [0.3, 0.4) is 0 Å². The number of aromatic nitrogens is 3. The predicted molar refractivity (Wildman–Crippen MR) is 120 cm³/mol. The van der Waals surface area contributed by atoms with E-state index in [-0.39, 0.29) is 24.0 Å². The average Bonchev–Trinajstić information content (AvgIpc) is 3.33. The van der Waals surface area contributed by atoms with Crippen LogP contribution in [-0.4, -0.2) is 33.4 Å². The van der Waals surface area contributed by atoms with Crippen molar-refractivity contribution in [2.45, 2.75) is 26.6 Å². The smallest absolute Gasteiger partial charge is 0.191 e. The van der Waals surface area contributed by atoms with Crippen LogP contribution >= 0.6 is 24.0 Å². The van der Waals surface area contributed by atoms with Gasteiger partial charge in [-0.25, -0.2) is 4.99 Å². The van der Waals surface area contributed by atoms with Gasteiger partial charge < -0.3 is 15.2 Å². The number of halogens is 1. The van der Waals surface area contributed by atoms with Crippen LogP contribution in [0.15, 0.2) is 72.2 Å². The summed E-state index contributed by atoms with van der Waals surface area (Å²) in [5.41, 5.74) is 2.34. The quantitative estimate of drug-likeness (QED) is 0.297. The van der Waals surface area contributed by atoms with Crippen LogP contribution < -0.4 is 10.6 Å². The molecule has 0 aliphatic heterocycles. The van der Waals surface area contributed by atoms with Crippen molar-refractivity contribution in [2.75, 3.05) is 13.1 Å². The lowest BCUT2D eigenvalue weighted by Crippen LogP contribution is -2.38. The molecule has 0 spiro atoms. The molecule has 0 bridgehead atoms. The van der Waals surface area contributed by atoms with Crippen molar-refractivity contribution in [1.82, 2.24) is 25.0 Å². The third-order valence-electron chi connectivity index (χ3n) is 3.97. The highest BCUT2D eigenvalue weighted by Crippen LogP contribution is 2.05. The molecule has 0 radical (unpaired) electrons. The minimum atomic E-state index is 0. The van der Waals surface area contributed by atoms with Gasteiger partial charge in [0, 0.05) is 43.8 Å². The van der Waals surface area contributed by atoms with E-state index in [0.717, 1.165) is 37.7 Å². The number of guanidine groups is 1. The fraction of sp³-hybridized carbons (Fsp3) is 0.300. The molecule has 0 unspecified atom stereocenters. The van der Waals surface area contributed by atoms with E-state index < -0.39 is 0 Å². The van der Waals surface area contributed by atoms with Crippen LogP contribution in [0.2, 0.25) is 0 Å². The van der Waals surface area contributed by atoms with Gasteiger partial charge in [-0.1, -0.05) is 30.3 Å². The fourth-order valence-electron chi connectivity index (χ4n) is 2.68. The molecule has 0 atom stereocenters. The predicted octanol–water partition coefficient (Wildman–Crippen LogP) is 3.11. The summed E-state index contributed by atoms with van der Waals surface area (Å²) >= 11 is 0. The summed E-state index contributed by atoms with van der Waals surface area (Å²) in [6, 6.07) is 14.4. The normalized spacial score (nSPS) is 11.1. The molecule has 1 aromatic carbocycles. The van der Waals surface area contributed by atoms with Gasteiger partial charge in [0.2, 0.25) is 0 Å². The van der Waals surface area contributed by atoms with Crippen molar-refractivity contribution < 1.29 is 0 Å². The molecule has 3 rings (SSSR count). The molecular formula is C20H27IN6. The molecule has 27 heavy (non-hydrogen) atoms.